The summed E-state index contributed by atoms with van der Waals surface area (Å²) in [5.41, 5.74) is 0.675. The Hall–Kier alpha value is -0.790. The van der Waals surface area contributed by atoms with Crippen molar-refractivity contribution in [1.82, 2.24) is 0 Å². The summed E-state index contributed by atoms with van der Waals surface area (Å²) in [6, 6.07) is 0. The van der Waals surface area contributed by atoms with Crippen molar-refractivity contribution in [2.45, 2.75) is 258 Å². The summed E-state index contributed by atoms with van der Waals surface area (Å²) in [7, 11) is 0. The van der Waals surface area contributed by atoms with E-state index in [1.165, 1.54) is 225 Å². The average Bonchev–Trinajstić information content (AvgIpc) is 3.06. The molecule has 46 heavy (non-hydrogen) atoms. The van der Waals surface area contributed by atoms with Crippen LogP contribution >= 0.6 is 0 Å². The van der Waals surface area contributed by atoms with Crippen molar-refractivity contribution in [3.05, 3.63) is 12.2 Å². The van der Waals surface area contributed by atoms with Crippen LogP contribution < -0.4 is 0 Å². The van der Waals surface area contributed by atoms with Gasteiger partial charge in [-0.25, -0.2) is 4.79 Å². The third-order valence-electron chi connectivity index (χ3n) is 10.1. The van der Waals surface area contributed by atoms with E-state index in [4.69, 9.17) is 4.74 Å². The summed E-state index contributed by atoms with van der Waals surface area (Å²) >= 11 is 0. The first-order chi connectivity index (χ1) is 22.7. The summed E-state index contributed by atoms with van der Waals surface area (Å²) < 4.78 is 5.48. The van der Waals surface area contributed by atoms with Gasteiger partial charge in [0, 0.05) is 5.57 Å². The number of esters is 1. The lowest BCUT2D eigenvalue weighted by Gasteiger charge is -2.08. The Morgan fingerprint density at radius 2 is 0.565 bits per heavy atom. The zero-order valence-corrected chi connectivity index (χ0v) is 32.1. The SMILES string of the molecule is C=C(CCCCCCCCCCCCCCCCCCCCCCC)C(=O)OCCCCCCCCCCCCCCCCCC. The van der Waals surface area contributed by atoms with Gasteiger partial charge >= 0.3 is 5.97 Å². The van der Waals surface area contributed by atoms with E-state index in [2.05, 4.69) is 20.4 Å². The van der Waals surface area contributed by atoms with E-state index in [-0.39, 0.29) is 5.97 Å². The molecule has 0 aliphatic carbocycles. The fourth-order valence-corrected chi connectivity index (χ4v) is 6.79. The molecule has 0 N–H and O–H groups in total. The van der Waals surface area contributed by atoms with Crippen LogP contribution in [0, 0.1) is 0 Å². The fourth-order valence-electron chi connectivity index (χ4n) is 6.79. The van der Waals surface area contributed by atoms with Crippen LogP contribution in [-0.4, -0.2) is 12.6 Å². The van der Waals surface area contributed by atoms with Gasteiger partial charge in [-0.2, -0.15) is 0 Å². The number of carbonyl (C=O) groups is 1. The molecule has 274 valence electrons. The largest absolute Gasteiger partial charge is 0.462 e. The van der Waals surface area contributed by atoms with Crippen molar-refractivity contribution in [3.63, 3.8) is 0 Å². The lowest BCUT2D eigenvalue weighted by atomic mass is 10.0. The third kappa shape index (κ3) is 37.7. The van der Waals surface area contributed by atoms with Crippen LogP contribution in [0.15, 0.2) is 12.2 Å². The normalized spacial score (nSPS) is 11.3. The van der Waals surface area contributed by atoms with E-state index in [0.29, 0.717) is 12.2 Å². The van der Waals surface area contributed by atoms with Crippen molar-refractivity contribution in [2.75, 3.05) is 6.61 Å². The number of hydrogen-bond acceptors (Lipinski definition) is 2. The van der Waals surface area contributed by atoms with Gasteiger partial charge in [0.2, 0.25) is 0 Å². The highest BCUT2D eigenvalue weighted by Crippen LogP contribution is 2.17. The van der Waals surface area contributed by atoms with Gasteiger partial charge in [-0.05, 0) is 19.3 Å². The Bertz CT molecular complexity index is 597. The zero-order chi connectivity index (χ0) is 33.4. The molecular weight excluding hydrogens is 560 g/mol. The third-order valence-corrected chi connectivity index (χ3v) is 10.1. The van der Waals surface area contributed by atoms with Crippen molar-refractivity contribution in [3.8, 4) is 0 Å². The molecule has 0 unspecified atom stereocenters. The van der Waals surface area contributed by atoms with Gasteiger partial charge in [-0.15, -0.1) is 0 Å². The molecule has 0 spiro atoms. The summed E-state index contributed by atoms with van der Waals surface area (Å²) in [4.78, 5) is 12.2. The zero-order valence-electron chi connectivity index (χ0n) is 32.1. The summed E-state index contributed by atoms with van der Waals surface area (Å²) in [6.07, 6.45) is 52.0. The van der Waals surface area contributed by atoms with E-state index in [0.717, 1.165) is 19.3 Å². The highest BCUT2D eigenvalue weighted by Gasteiger charge is 2.08. The number of carbonyl (C=O) groups excluding carboxylic acids is 1. The van der Waals surface area contributed by atoms with Crippen LogP contribution in [0.2, 0.25) is 0 Å². The molecule has 0 bridgehead atoms. The molecule has 0 fully saturated rings. The quantitative estimate of drug-likeness (QED) is 0.0376. The summed E-state index contributed by atoms with van der Waals surface area (Å²) in [6.45, 7) is 9.15. The van der Waals surface area contributed by atoms with Gasteiger partial charge in [0.25, 0.3) is 0 Å². The Kier molecular flexibility index (Phi) is 39.7. The maximum Gasteiger partial charge on any atom is 0.333 e. The lowest BCUT2D eigenvalue weighted by molar-refractivity contribution is -0.139. The first-order valence-electron chi connectivity index (χ1n) is 21.6. The van der Waals surface area contributed by atoms with Gasteiger partial charge in [0.15, 0.2) is 0 Å². The maximum absolute atomic E-state index is 12.2. The lowest BCUT2D eigenvalue weighted by Crippen LogP contribution is -2.08. The van der Waals surface area contributed by atoms with Crippen molar-refractivity contribution in [1.29, 1.82) is 0 Å². The predicted octanol–water partition coefficient (Wildman–Crippen LogP) is 15.9. The second-order valence-electron chi connectivity index (χ2n) is 14.9. The van der Waals surface area contributed by atoms with Crippen molar-refractivity contribution in [2.24, 2.45) is 0 Å². The molecule has 0 aromatic rings. The Morgan fingerprint density at radius 3 is 0.826 bits per heavy atom. The minimum absolute atomic E-state index is 0.158. The standard InChI is InChI=1S/C44H86O2/c1-4-6-8-10-12-14-16-18-20-22-23-24-25-26-27-29-31-33-35-37-39-41-43(3)44(45)46-42-40-38-36-34-32-30-28-21-19-17-15-13-11-9-7-5-2/h3-42H2,1-2H3. The monoisotopic (exact) mass is 647 g/mol. The Labute approximate surface area is 291 Å². The van der Waals surface area contributed by atoms with Crippen molar-refractivity contribution < 1.29 is 9.53 Å². The molecule has 0 saturated heterocycles. The molecule has 0 atom stereocenters. The second kappa shape index (κ2) is 40.4. The molecule has 0 radical (unpaired) electrons. The molecular formula is C44H86O2. The molecule has 2 nitrogen and oxygen atoms in total. The molecule has 0 aromatic carbocycles. The van der Waals surface area contributed by atoms with Gasteiger partial charge in [0.1, 0.15) is 0 Å². The molecule has 0 rings (SSSR count). The van der Waals surface area contributed by atoms with E-state index in [1.807, 2.05) is 0 Å². The van der Waals surface area contributed by atoms with Gasteiger partial charge in [-0.1, -0.05) is 245 Å². The fraction of sp³-hybridized carbons (Fsp3) is 0.932. The number of unbranched alkanes of at least 4 members (excludes halogenated alkanes) is 35. The van der Waals surface area contributed by atoms with Gasteiger partial charge in [0.05, 0.1) is 6.61 Å². The van der Waals surface area contributed by atoms with E-state index >= 15 is 0 Å². The van der Waals surface area contributed by atoms with Crippen molar-refractivity contribution >= 4 is 5.97 Å². The Balaban J connectivity index is 3.25. The van der Waals surface area contributed by atoms with E-state index in [1.54, 1.807) is 0 Å². The summed E-state index contributed by atoms with van der Waals surface area (Å²) in [5.74, 6) is -0.158. The molecule has 0 aromatic heterocycles. The van der Waals surface area contributed by atoms with Crippen LogP contribution in [0.4, 0.5) is 0 Å². The first-order valence-corrected chi connectivity index (χ1v) is 21.6. The molecule has 0 amide bonds. The average molecular weight is 647 g/mol. The number of ether oxygens (including phenoxy) is 1. The highest BCUT2D eigenvalue weighted by atomic mass is 16.5. The van der Waals surface area contributed by atoms with Crippen LogP contribution in [0.5, 0.6) is 0 Å². The van der Waals surface area contributed by atoms with Crippen LogP contribution in [0.1, 0.15) is 258 Å². The topological polar surface area (TPSA) is 26.3 Å². The van der Waals surface area contributed by atoms with Crippen LogP contribution in [0.3, 0.4) is 0 Å². The molecule has 0 aliphatic heterocycles. The van der Waals surface area contributed by atoms with Gasteiger partial charge in [-0.3, -0.25) is 0 Å². The first kappa shape index (κ1) is 45.2. The molecule has 0 aliphatic rings. The predicted molar refractivity (Wildman–Crippen MR) is 207 cm³/mol. The Morgan fingerprint density at radius 1 is 0.348 bits per heavy atom. The highest BCUT2D eigenvalue weighted by molar-refractivity contribution is 5.87. The maximum atomic E-state index is 12.2. The summed E-state index contributed by atoms with van der Waals surface area (Å²) in [5, 5.41) is 0. The number of hydrogen-bond donors (Lipinski definition) is 0. The molecule has 2 heteroatoms. The minimum Gasteiger partial charge on any atom is -0.462 e. The minimum atomic E-state index is -0.158. The molecule has 0 heterocycles. The van der Waals surface area contributed by atoms with E-state index in [9.17, 15) is 4.79 Å². The molecule has 0 saturated carbocycles. The van der Waals surface area contributed by atoms with Gasteiger partial charge < -0.3 is 4.74 Å². The van der Waals surface area contributed by atoms with E-state index < -0.39 is 0 Å². The smallest absolute Gasteiger partial charge is 0.333 e. The van der Waals surface area contributed by atoms with Crippen LogP contribution in [-0.2, 0) is 9.53 Å². The second-order valence-corrected chi connectivity index (χ2v) is 14.9. The van der Waals surface area contributed by atoms with Crippen LogP contribution in [0.25, 0.3) is 0 Å². The number of rotatable bonds is 40.